The standard InChI is InChI=1S/C26H21N3O4/c1-3-13-33-23-12-11-18-8-4-5-10-20(18)21(23)15-22-25(31)29(26(32)28-22)16-24(30)27-19-9-6-7-17(2)14-19/h1,4-12,14-15H,13,16H2,2H3,(H,27,30)(H,28,32)/b22-15-. The molecule has 1 heterocycles. The second-order valence-corrected chi connectivity index (χ2v) is 7.49. The molecule has 7 heteroatoms. The zero-order valence-electron chi connectivity index (χ0n) is 17.9. The Bertz CT molecular complexity index is 1340. The Morgan fingerprint density at radius 2 is 1.97 bits per heavy atom. The van der Waals surface area contributed by atoms with Crippen LogP contribution in [-0.4, -0.2) is 35.9 Å². The predicted octanol–water partition coefficient (Wildman–Crippen LogP) is 3.69. The van der Waals surface area contributed by atoms with Crippen LogP contribution in [-0.2, 0) is 9.59 Å². The van der Waals surface area contributed by atoms with Gasteiger partial charge in [0.15, 0.2) is 0 Å². The fraction of sp³-hybridized carbons (Fsp3) is 0.115. The number of ether oxygens (including phenoxy) is 1. The molecule has 0 bridgehead atoms. The average molecular weight is 439 g/mol. The molecular formula is C26H21N3O4. The fourth-order valence-corrected chi connectivity index (χ4v) is 3.60. The lowest BCUT2D eigenvalue weighted by molar-refractivity contribution is -0.127. The zero-order valence-corrected chi connectivity index (χ0v) is 17.9. The molecule has 0 saturated carbocycles. The first-order valence-electron chi connectivity index (χ1n) is 10.3. The largest absolute Gasteiger partial charge is 0.480 e. The van der Waals surface area contributed by atoms with Crippen LogP contribution in [0.4, 0.5) is 10.5 Å². The third-order valence-electron chi connectivity index (χ3n) is 5.10. The number of benzene rings is 3. The molecule has 33 heavy (non-hydrogen) atoms. The Hall–Kier alpha value is -4.57. The Kier molecular flexibility index (Phi) is 6.09. The molecule has 164 valence electrons. The number of imide groups is 1. The van der Waals surface area contributed by atoms with E-state index < -0.39 is 24.4 Å². The number of hydrogen-bond donors (Lipinski definition) is 2. The summed E-state index contributed by atoms with van der Waals surface area (Å²) >= 11 is 0. The van der Waals surface area contributed by atoms with Crippen LogP contribution in [0.2, 0.25) is 0 Å². The van der Waals surface area contributed by atoms with E-state index in [-0.39, 0.29) is 12.3 Å². The van der Waals surface area contributed by atoms with Crippen molar-refractivity contribution in [3.63, 3.8) is 0 Å². The summed E-state index contributed by atoms with van der Waals surface area (Å²) in [5.74, 6) is 1.82. The molecule has 7 nitrogen and oxygen atoms in total. The lowest BCUT2D eigenvalue weighted by Crippen LogP contribution is -2.38. The van der Waals surface area contributed by atoms with Gasteiger partial charge in [-0.3, -0.25) is 9.59 Å². The van der Waals surface area contributed by atoms with Crippen molar-refractivity contribution in [1.82, 2.24) is 10.2 Å². The van der Waals surface area contributed by atoms with Gasteiger partial charge in [0.2, 0.25) is 5.91 Å². The monoisotopic (exact) mass is 439 g/mol. The summed E-state index contributed by atoms with van der Waals surface area (Å²) in [6, 6.07) is 17.8. The van der Waals surface area contributed by atoms with Crippen LogP contribution in [0, 0.1) is 19.3 Å². The Balaban J connectivity index is 1.59. The lowest BCUT2D eigenvalue weighted by Gasteiger charge is -2.12. The van der Waals surface area contributed by atoms with Gasteiger partial charge in [-0.05, 0) is 47.5 Å². The molecule has 0 unspecified atom stereocenters. The average Bonchev–Trinajstić information content (AvgIpc) is 3.06. The fourth-order valence-electron chi connectivity index (χ4n) is 3.60. The highest BCUT2D eigenvalue weighted by Gasteiger charge is 2.35. The second kappa shape index (κ2) is 9.28. The maximum absolute atomic E-state index is 12.9. The number of nitrogens with one attached hydrogen (secondary N) is 2. The molecule has 0 aromatic heterocycles. The summed E-state index contributed by atoms with van der Waals surface area (Å²) in [7, 11) is 0. The maximum Gasteiger partial charge on any atom is 0.329 e. The van der Waals surface area contributed by atoms with Crippen molar-refractivity contribution in [2.45, 2.75) is 6.92 Å². The van der Waals surface area contributed by atoms with Crippen molar-refractivity contribution in [3.05, 3.63) is 77.5 Å². The van der Waals surface area contributed by atoms with Gasteiger partial charge in [0.1, 0.15) is 24.6 Å². The maximum atomic E-state index is 12.9. The van der Waals surface area contributed by atoms with E-state index >= 15 is 0 Å². The van der Waals surface area contributed by atoms with E-state index in [9.17, 15) is 14.4 Å². The third-order valence-corrected chi connectivity index (χ3v) is 5.10. The van der Waals surface area contributed by atoms with E-state index in [1.807, 2.05) is 49.4 Å². The number of rotatable bonds is 6. The van der Waals surface area contributed by atoms with E-state index in [1.165, 1.54) is 0 Å². The van der Waals surface area contributed by atoms with Crippen molar-refractivity contribution in [2.24, 2.45) is 0 Å². The summed E-state index contributed by atoms with van der Waals surface area (Å²) in [5, 5.41) is 7.02. The Labute approximate surface area is 191 Å². The number of hydrogen-bond acceptors (Lipinski definition) is 4. The molecular weight excluding hydrogens is 418 g/mol. The summed E-state index contributed by atoms with van der Waals surface area (Å²) in [4.78, 5) is 38.7. The van der Waals surface area contributed by atoms with Crippen LogP contribution < -0.4 is 15.4 Å². The number of urea groups is 1. The number of carbonyl (C=O) groups excluding carboxylic acids is 3. The predicted molar refractivity (Wildman–Crippen MR) is 126 cm³/mol. The first-order chi connectivity index (χ1) is 16.0. The van der Waals surface area contributed by atoms with Crippen molar-refractivity contribution in [1.29, 1.82) is 0 Å². The number of nitrogens with zero attached hydrogens (tertiary/aromatic N) is 1. The number of terminal acetylenes is 1. The van der Waals surface area contributed by atoms with Crippen LogP contribution in [0.15, 0.2) is 66.4 Å². The van der Waals surface area contributed by atoms with E-state index in [1.54, 1.807) is 24.3 Å². The number of aryl methyl sites for hydroxylation is 1. The topological polar surface area (TPSA) is 87.7 Å². The minimum Gasteiger partial charge on any atom is -0.480 e. The highest BCUT2D eigenvalue weighted by atomic mass is 16.5. The first-order valence-corrected chi connectivity index (χ1v) is 10.3. The van der Waals surface area contributed by atoms with Gasteiger partial charge in [-0.15, -0.1) is 6.42 Å². The number of anilines is 1. The minimum absolute atomic E-state index is 0.0465. The number of fused-ring (bicyclic) bond motifs is 1. The van der Waals surface area contributed by atoms with Gasteiger partial charge in [0.05, 0.1) is 0 Å². The van der Waals surface area contributed by atoms with Gasteiger partial charge < -0.3 is 15.4 Å². The van der Waals surface area contributed by atoms with Gasteiger partial charge >= 0.3 is 6.03 Å². The van der Waals surface area contributed by atoms with Gasteiger partial charge in [-0.2, -0.15) is 0 Å². The van der Waals surface area contributed by atoms with Gasteiger partial charge in [-0.25, -0.2) is 9.69 Å². The highest BCUT2D eigenvalue weighted by Crippen LogP contribution is 2.31. The molecule has 0 aliphatic carbocycles. The van der Waals surface area contributed by atoms with Crippen molar-refractivity contribution in [3.8, 4) is 18.1 Å². The van der Waals surface area contributed by atoms with Crippen LogP contribution >= 0.6 is 0 Å². The number of carbonyl (C=O) groups is 3. The Morgan fingerprint density at radius 1 is 1.15 bits per heavy atom. The van der Waals surface area contributed by atoms with E-state index in [2.05, 4.69) is 16.6 Å². The van der Waals surface area contributed by atoms with Gasteiger partial charge in [-0.1, -0.05) is 48.4 Å². The zero-order chi connectivity index (χ0) is 23.4. The molecule has 1 aliphatic rings. The summed E-state index contributed by atoms with van der Waals surface area (Å²) < 4.78 is 5.65. The third kappa shape index (κ3) is 4.70. The van der Waals surface area contributed by atoms with Crippen molar-refractivity contribution < 1.29 is 19.1 Å². The smallest absolute Gasteiger partial charge is 0.329 e. The molecule has 0 radical (unpaired) electrons. The van der Waals surface area contributed by atoms with Crippen LogP contribution in [0.5, 0.6) is 5.75 Å². The molecule has 4 amide bonds. The molecule has 0 spiro atoms. The highest BCUT2D eigenvalue weighted by molar-refractivity contribution is 6.16. The molecule has 1 aliphatic heterocycles. The van der Waals surface area contributed by atoms with Gasteiger partial charge in [0.25, 0.3) is 5.91 Å². The quantitative estimate of drug-likeness (QED) is 0.348. The molecule has 0 atom stereocenters. The number of amides is 4. The van der Waals surface area contributed by atoms with Gasteiger partial charge in [0, 0.05) is 11.3 Å². The van der Waals surface area contributed by atoms with Crippen molar-refractivity contribution >= 4 is 40.4 Å². The summed E-state index contributed by atoms with van der Waals surface area (Å²) in [6.07, 6.45) is 6.87. The molecule has 1 saturated heterocycles. The van der Waals surface area contributed by atoms with E-state index in [0.29, 0.717) is 17.0 Å². The van der Waals surface area contributed by atoms with Crippen molar-refractivity contribution in [2.75, 3.05) is 18.5 Å². The van der Waals surface area contributed by atoms with Crippen LogP contribution in [0.3, 0.4) is 0 Å². The molecule has 3 aromatic carbocycles. The second-order valence-electron chi connectivity index (χ2n) is 7.49. The SMILES string of the molecule is C#CCOc1ccc2ccccc2c1/C=C1\NC(=O)N(CC(=O)Nc2cccc(C)c2)C1=O. The Morgan fingerprint density at radius 3 is 2.76 bits per heavy atom. The molecule has 2 N–H and O–H groups in total. The van der Waals surface area contributed by atoms with E-state index in [0.717, 1.165) is 21.2 Å². The van der Waals surface area contributed by atoms with E-state index in [4.69, 9.17) is 11.2 Å². The van der Waals surface area contributed by atoms with Crippen LogP contribution in [0.25, 0.3) is 16.8 Å². The molecule has 3 aromatic rings. The minimum atomic E-state index is -0.669. The lowest BCUT2D eigenvalue weighted by atomic mass is 10.0. The normalized spacial score (nSPS) is 14.3. The summed E-state index contributed by atoms with van der Waals surface area (Å²) in [5.41, 5.74) is 2.23. The first kappa shape index (κ1) is 21.7. The molecule has 4 rings (SSSR count). The summed E-state index contributed by atoms with van der Waals surface area (Å²) in [6.45, 7) is 1.55. The molecule has 1 fully saturated rings. The van der Waals surface area contributed by atoms with Crippen LogP contribution in [0.1, 0.15) is 11.1 Å².